The van der Waals surface area contributed by atoms with E-state index in [1.165, 1.54) is 18.4 Å². The van der Waals surface area contributed by atoms with E-state index in [1.54, 1.807) is 29.7 Å². The monoisotopic (exact) mass is 605 g/mol. The molecule has 3 aliphatic rings. The van der Waals surface area contributed by atoms with Crippen LogP contribution >= 0.6 is 0 Å². The summed E-state index contributed by atoms with van der Waals surface area (Å²) in [5.41, 5.74) is 2.84. The lowest BCUT2D eigenvalue weighted by atomic mass is 9.79. The van der Waals surface area contributed by atoms with Crippen LogP contribution < -0.4 is 14.4 Å². The molecule has 0 saturated carbocycles. The van der Waals surface area contributed by atoms with E-state index in [1.807, 2.05) is 19.9 Å². The number of ether oxygens (including phenoxy) is 2. The first-order valence-electron chi connectivity index (χ1n) is 15.5. The predicted molar refractivity (Wildman–Crippen MR) is 167 cm³/mol. The number of rotatable bonds is 8. The van der Waals surface area contributed by atoms with Crippen LogP contribution in [0, 0.1) is 13.8 Å². The van der Waals surface area contributed by atoms with Crippen LogP contribution in [0.15, 0.2) is 59.6 Å². The molecule has 4 heterocycles. The fraction of sp³-hybridized carbons (Fsp3) is 0.515. The van der Waals surface area contributed by atoms with Gasteiger partial charge in [-0.1, -0.05) is 30.3 Å². The van der Waals surface area contributed by atoms with E-state index in [2.05, 4.69) is 45.1 Å². The second kappa shape index (κ2) is 12.4. The van der Waals surface area contributed by atoms with Gasteiger partial charge in [0.2, 0.25) is 10.0 Å². The van der Waals surface area contributed by atoms with Gasteiger partial charge in [-0.05, 0) is 100 Å². The second-order valence-electron chi connectivity index (χ2n) is 12.1. The Morgan fingerprint density at radius 2 is 1.60 bits per heavy atom. The highest BCUT2D eigenvalue weighted by atomic mass is 32.2. The summed E-state index contributed by atoms with van der Waals surface area (Å²) in [7, 11) is -2.11. The SMILES string of the molecule is COc1cc(C)c(S(=O)(=O)N2CCCC(Oc3nccc(N4CCC(c5ccccc5)(N5CCCC5)CC4)n3)C2)c(C)c1. The molecule has 0 N–H and O–H groups in total. The number of likely N-dealkylation sites (tertiary alicyclic amines) is 1. The van der Waals surface area contributed by atoms with Gasteiger partial charge >= 0.3 is 6.01 Å². The first-order chi connectivity index (χ1) is 20.8. The molecule has 0 radical (unpaired) electrons. The van der Waals surface area contributed by atoms with Crippen LogP contribution in [0.3, 0.4) is 0 Å². The summed E-state index contributed by atoms with van der Waals surface area (Å²) >= 11 is 0. The van der Waals surface area contributed by atoms with Crippen molar-refractivity contribution in [1.29, 1.82) is 0 Å². The van der Waals surface area contributed by atoms with Gasteiger partial charge in [-0.15, -0.1) is 0 Å². The maximum absolute atomic E-state index is 13.7. The van der Waals surface area contributed by atoms with Gasteiger partial charge in [-0.25, -0.2) is 13.4 Å². The highest BCUT2D eigenvalue weighted by molar-refractivity contribution is 7.89. The first kappa shape index (κ1) is 29.8. The highest BCUT2D eigenvalue weighted by Gasteiger charge is 2.42. The molecule has 3 aliphatic heterocycles. The van der Waals surface area contributed by atoms with Gasteiger partial charge in [0.25, 0.3) is 0 Å². The van der Waals surface area contributed by atoms with E-state index in [0.717, 1.165) is 51.3 Å². The minimum Gasteiger partial charge on any atom is -0.497 e. The zero-order chi connectivity index (χ0) is 30.0. The fourth-order valence-electron chi connectivity index (χ4n) is 7.28. The maximum Gasteiger partial charge on any atom is 0.318 e. The normalized spacial score (nSPS) is 21.6. The average Bonchev–Trinajstić information content (AvgIpc) is 3.57. The lowest BCUT2D eigenvalue weighted by Gasteiger charge is -2.48. The maximum atomic E-state index is 13.7. The van der Waals surface area contributed by atoms with Crippen molar-refractivity contribution in [1.82, 2.24) is 19.2 Å². The molecule has 9 nitrogen and oxygen atoms in total. The van der Waals surface area contributed by atoms with Crippen molar-refractivity contribution in [2.75, 3.05) is 51.3 Å². The van der Waals surface area contributed by atoms with Crippen molar-refractivity contribution in [2.24, 2.45) is 0 Å². The Kier molecular flexibility index (Phi) is 8.62. The molecule has 0 amide bonds. The number of methoxy groups -OCH3 is 1. The Bertz CT molecular complexity index is 1500. The Morgan fingerprint density at radius 1 is 0.907 bits per heavy atom. The molecule has 0 bridgehead atoms. The minimum atomic E-state index is -3.70. The lowest BCUT2D eigenvalue weighted by molar-refractivity contribution is 0.0845. The molecular formula is C33H43N5O4S. The number of nitrogens with zero attached hydrogens (tertiary/aromatic N) is 5. The summed E-state index contributed by atoms with van der Waals surface area (Å²) < 4.78 is 40.6. The Morgan fingerprint density at radius 3 is 2.28 bits per heavy atom. The van der Waals surface area contributed by atoms with Crippen LogP contribution in [0.25, 0.3) is 0 Å². The van der Waals surface area contributed by atoms with Gasteiger partial charge < -0.3 is 14.4 Å². The number of piperidine rings is 2. The van der Waals surface area contributed by atoms with Crippen molar-refractivity contribution >= 4 is 15.8 Å². The Labute approximate surface area is 255 Å². The highest BCUT2D eigenvalue weighted by Crippen LogP contribution is 2.41. The molecule has 0 spiro atoms. The van der Waals surface area contributed by atoms with Crippen molar-refractivity contribution in [2.45, 2.75) is 68.9 Å². The smallest absolute Gasteiger partial charge is 0.318 e. The van der Waals surface area contributed by atoms with E-state index in [0.29, 0.717) is 40.7 Å². The summed E-state index contributed by atoms with van der Waals surface area (Å²) in [5.74, 6) is 1.51. The van der Waals surface area contributed by atoms with E-state index in [9.17, 15) is 8.42 Å². The zero-order valence-electron chi connectivity index (χ0n) is 25.5. The van der Waals surface area contributed by atoms with E-state index in [4.69, 9.17) is 14.5 Å². The molecule has 1 aromatic heterocycles. The van der Waals surface area contributed by atoms with Crippen molar-refractivity contribution in [3.8, 4) is 11.8 Å². The number of hydrogen-bond donors (Lipinski definition) is 0. The summed E-state index contributed by atoms with van der Waals surface area (Å²) in [6, 6.07) is 16.8. The second-order valence-corrected chi connectivity index (χ2v) is 14.0. The first-order valence-corrected chi connectivity index (χ1v) is 16.9. The van der Waals surface area contributed by atoms with Crippen LogP contribution in [0.1, 0.15) is 55.2 Å². The van der Waals surface area contributed by atoms with Crippen LogP contribution in [0.4, 0.5) is 5.82 Å². The summed E-state index contributed by atoms with van der Waals surface area (Å²) in [5, 5.41) is 0. The van der Waals surface area contributed by atoms with Crippen molar-refractivity contribution in [3.63, 3.8) is 0 Å². The van der Waals surface area contributed by atoms with Crippen molar-refractivity contribution < 1.29 is 17.9 Å². The van der Waals surface area contributed by atoms with Crippen LogP contribution in [0.2, 0.25) is 0 Å². The third-order valence-electron chi connectivity index (χ3n) is 9.44. The summed E-state index contributed by atoms with van der Waals surface area (Å²) in [6.45, 7) is 8.47. The van der Waals surface area contributed by atoms with Gasteiger partial charge in [0.15, 0.2) is 0 Å². The molecule has 3 fully saturated rings. The lowest BCUT2D eigenvalue weighted by Crippen LogP contribution is -2.52. The zero-order valence-corrected chi connectivity index (χ0v) is 26.4. The van der Waals surface area contributed by atoms with Crippen LogP contribution in [0.5, 0.6) is 11.8 Å². The number of hydrogen-bond acceptors (Lipinski definition) is 8. The van der Waals surface area contributed by atoms with Gasteiger partial charge in [0, 0.05) is 31.4 Å². The molecule has 2 aromatic carbocycles. The van der Waals surface area contributed by atoms with E-state index < -0.39 is 10.0 Å². The molecule has 43 heavy (non-hydrogen) atoms. The molecule has 3 aromatic rings. The number of aromatic nitrogens is 2. The summed E-state index contributed by atoms with van der Waals surface area (Å²) in [4.78, 5) is 14.6. The number of benzene rings is 2. The quantitative estimate of drug-likeness (QED) is 0.358. The molecule has 230 valence electrons. The van der Waals surface area contributed by atoms with Crippen LogP contribution in [-0.4, -0.2) is 80.1 Å². The molecule has 1 atom stereocenters. The molecule has 3 saturated heterocycles. The number of anilines is 1. The van der Waals surface area contributed by atoms with Crippen LogP contribution in [-0.2, 0) is 15.6 Å². The van der Waals surface area contributed by atoms with Gasteiger partial charge in [-0.3, -0.25) is 4.90 Å². The molecular weight excluding hydrogens is 562 g/mol. The third-order valence-corrected chi connectivity index (χ3v) is 11.6. The predicted octanol–water partition coefficient (Wildman–Crippen LogP) is 4.93. The molecule has 6 rings (SSSR count). The molecule has 0 aliphatic carbocycles. The summed E-state index contributed by atoms with van der Waals surface area (Å²) in [6.07, 6.45) is 7.50. The van der Waals surface area contributed by atoms with Gasteiger partial charge in [0.1, 0.15) is 17.7 Å². The molecule has 1 unspecified atom stereocenters. The largest absolute Gasteiger partial charge is 0.497 e. The Balaban J connectivity index is 1.14. The number of sulfonamides is 1. The van der Waals surface area contributed by atoms with E-state index >= 15 is 0 Å². The Hall–Kier alpha value is -3.21. The topological polar surface area (TPSA) is 88.1 Å². The van der Waals surface area contributed by atoms with Gasteiger partial charge in [-0.2, -0.15) is 9.29 Å². The third kappa shape index (κ3) is 5.97. The van der Waals surface area contributed by atoms with E-state index in [-0.39, 0.29) is 18.2 Å². The van der Waals surface area contributed by atoms with Gasteiger partial charge in [0.05, 0.1) is 18.6 Å². The minimum absolute atomic E-state index is 0.0677. The standard InChI is InChI=1S/C33H43N5O4S/c1-25-22-29(41-3)23-26(2)31(25)43(39,40)38-19-9-12-28(24-38)42-32-34-16-13-30(35-32)36-20-14-33(15-21-36,37-17-7-8-18-37)27-10-5-4-6-11-27/h4-6,10-11,13,16,22-23,28H,7-9,12,14-15,17-21,24H2,1-3H3. The molecule has 10 heteroatoms. The average molecular weight is 606 g/mol. The fourth-order valence-corrected chi connectivity index (χ4v) is 9.21. The van der Waals surface area contributed by atoms with Crippen molar-refractivity contribution in [3.05, 3.63) is 71.4 Å². The number of aryl methyl sites for hydroxylation is 2.